The van der Waals surface area contributed by atoms with E-state index in [1.807, 2.05) is 0 Å². The van der Waals surface area contributed by atoms with Gasteiger partial charge in [-0.25, -0.2) is 0 Å². The third kappa shape index (κ3) is 22.4. The van der Waals surface area contributed by atoms with Crippen molar-refractivity contribution in [2.75, 3.05) is 57.8 Å². The van der Waals surface area contributed by atoms with Crippen molar-refractivity contribution < 1.29 is 28.6 Å². The van der Waals surface area contributed by atoms with E-state index in [0.29, 0.717) is 44.6 Å². The lowest BCUT2D eigenvalue weighted by atomic mass is 10.1. The normalized spacial score (nSPS) is 14.0. The zero-order chi connectivity index (χ0) is 25.4. The van der Waals surface area contributed by atoms with E-state index in [1.54, 1.807) is 11.8 Å². The number of carbonyl (C=O) groups excluding carboxylic acids is 2. The number of carbonyl (C=O) groups is 2. The predicted molar refractivity (Wildman–Crippen MR) is 138 cm³/mol. The maximum Gasteiger partial charge on any atom is 0.223 e. The number of hydrogen-bond donors (Lipinski definition) is 2. The molecule has 0 aliphatic rings. The molecule has 0 aliphatic heterocycles. The molecule has 0 saturated heterocycles. The first-order chi connectivity index (χ1) is 16.4. The molecule has 0 rings (SSSR count). The Kier molecular flexibility index (Phi) is 22.4. The van der Waals surface area contributed by atoms with Gasteiger partial charge in [0.05, 0.1) is 26.0 Å². The summed E-state index contributed by atoms with van der Waals surface area (Å²) in [5.74, 6) is 2.52. The van der Waals surface area contributed by atoms with E-state index in [-0.39, 0.29) is 24.6 Å². The minimum Gasteiger partial charge on any atom is -0.378 e. The fourth-order valence-corrected chi connectivity index (χ4v) is 3.23. The van der Waals surface area contributed by atoms with E-state index >= 15 is 0 Å². The highest BCUT2D eigenvalue weighted by atomic mass is 32.2. The number of nitrogens with zero attached hydrogens (tertiary/aromatic N) is 1. The number of amides is 2. The molecule has 10 heteroatoms. The van der Waals surface area contributed by atoms with Crippen LogP contribution in [-0.2, 0) is 28.6 Å². The summed E-state index contributed by atoms with van der Waals surface area (Å²) in [6.07, 6.45) is 4.90. The van der Waals surface area contributed by atoms with Gasteiger partial charge >= 0.3 is 0 Å². The lowest BCUT2D eigenvalue weighted by Crippen LogP contribution is -2.28. The van der Waals surface area contributed by atoms with Crippen LogP contribution in [0.1, 0.15) is 60.3 Å². The largest absolute Gasteiger partial charge is 0.378 e. The molecule has 200 valence electrons. The van der Waals surface area contributed by atoms with Crippen molar-refractivity contribution in [3.63, 3.8) is 0 Å². The van der Waals surface area contributed by atoms with Gasteiger partial charge in [0.25, 0.3) is 0 Å². The number of ether oxygens (including phenoxy) is 3. The zero-order valence-corrected chi connectivity index (χ0v) is 22.6. The second-order valence-corrected chi connectivity index (χ2v) is 9.63. The quantitative estimate of drug-likeness (QED) is 0.0950. The Hall–Kier alpha value is -1.36. The Morgan fingerprint density at radius 3 is 2.21 bits per heavy atom. The van der Waals surface area contributed by atoms with Gasteiger partial charge in [0, 0.05) is 38.9 Å². The average molecular weight is 506 g/mol. The van der Waals surface area contributed by atoms with E-state index in [2.05, 4.69) is 43.5 Å². The Morgan fingerprint density at radius 2 is 1.62 bits per heavy atom. The summed E-state index contributed by atoms with van der Waals surface area (Å²) in [7, 11) is 0. The minimum atomic E-state index is -0.138. The summed E-state index contributed by atoms with van der Waals surface area (Å²) >= 11 is 1.72. The van der Waals surface area contributed by atoms with Crippen molar-refractivity contribution in [2.24, 2.45) is 17.0 Å². The predicted octanol–water partition coefficient (Wildman–Crippen LogP) is 3.22. The Balaban J connectivity index is 3.85. The molecule has 0 radical (unpaired) electrons. The highest BCUT2D eigenvalue weighted by Gasteiger charge is 2.12. The van der Waals surface area contributed by atoms with Gasteiger partial charge in [0.2, 0.25) is 11.8 Å². The molecule has 34 heavy (non-hydrogen) atoms. The first kappa shape index (κ1) is 32.6. The van der Waals surface area contributed by atoms with Crippen LogP contribution in [0, 0.1) is 11.8 Å². The average Bonchev–Trinajstić information content (AvgIpc) is 2.81. The van der Waals surface area contributed by atoms with E-state index in [1.165, 1.54) is 13.1 Å². The third-order valence-electron chi connectivity index (χ3n) is 4.99. The van der Waals surface area contributed by atoms with Crippen molar-refractivity contribution in [3.05, 3.63) is 0 Å². The highest BCUT2D eigenvalue weighted by Crippen LogP contribution is 2.08. The molecule has 0 bridgehead atoms. The van der Waals surface area contributed by atoms with Gasteiger partial charge in [-0.2, -0.15) is 11.8 Å². The molecule has 0 aromatic heterocycles. The molecule has 0 heterocycles. The lowest BCUT2D eigenvalue weighted by Gasteiger charge is -2.20. The smallest absolute Gasteiger partial charge is 0.223 e. The molecule has 2 atom stereocenters. The van der Waals surface area contributed by atoms with E-state index < -0.39 is 0 Å². The van der Waals surface area contributed by atoms with Crippen LogP contribution in [0.3, 0.4) is 0 Å². The molecular formula is C24H47N3O6S. The van der Waals surface area contributed by atoms with Gasteiger partial charge < -0.3 is 29.7 Å². The number of rotatable bonds is 23. The van der Waals surface area contributed by atoms with Crippen LogP contribution in [-0.4, -0.2) is 81.9 Å². The van der Waals surface area contributed by atoms with Crippen molar-refractivity contribution in [1.29, 1.82) is 0 Å². The molecule has 2 amide bonds. The van der Waals surface area contributed by atoms with Crippen LogP contribution in [0.5, 0.6) is 0 Å². The van der Waals surface area contributed by atoms with Crippen molar-refractivity contribution in [1.82, 2.24) is 10.6 Å². The van der Waals surface area contributed by atoms with Crippen molar-refractivity contribution in [2.45, 2.75) is 66.4 Å². The fraction of sp³-hybridized carbons (Fsp3) is 0.875. The van der Waals surface area contributed by atoms with E-state index in [4.69, 9.17) is 19.0 Å². The van der Waals surface area contributed by atoms with Gasteiger partial charge in [0.15, 0.2) is 6.73 Å². The third-order valence-corrected chi connectivity index (χ3v) is 6.06. The van der Waals surface area contributed by atoms with Crippen LogP contribution in [0.25, 0.3) is 0 Å². The van der Waals surface area contributed by atoms with Crippen LogP contribution in [0.4, 0.5) is 0 Å². The second kappa shape index (κ2) is 23.4. The van der Waals surface area contributed by atoms with Gasteiger partial charge in [-0.05, 0) is 24.0 Å². The minimum absolute atomic E-state index is 0.00745. The first-order valence-electron chi connectivity index (χ1n) is 12.4. The second-order valence-electron chi connectivity index (χ2n) is 8.41. The van der Waals surface area contributed by atoms with Gasteiger partial charge in [-0.15, -0.1) is 0 Å². The van der Waals surface area contributed by atoms with E-state index in [0.717, 1.165) is 44.0 Å². The van der Waals surface area contributed by atoms with Gasteiger partial charge in [0.1, 0.15) is 6.10 Å². The fourth-order valence-electron chi connectivity index (χ4n) is 2.38. The summed E-state index contributed by atoms with van der Waals surface area (Å²) in [6.45, 7) is 13.7. The highest BCUT2D eigenvalue weighted by molar-refractivity contribution is 7.99. The summed E-state index contributed by atoms with van der Waals surface area (Å²) in [6, 6.07) is 0. The maximum absolute atomic E-state index is 11.8. The molecule has 0 fully saturated rings. The number of oxime groups is 1. The maximum atomic E-state index is 11.8. The Labute approximate surface area is 210 Å². The van der Waals surface area contributed by atoms with Crippen LogP contribution < -0.4 is 10.6 Å². The van der Waals surface area contributed by atoms with Crippen LogP contribution in [0.2, 0.25) is 0 Å². The number of hydrogen-bond acceptors (Lipinski definition) is 8. The Bertz CT molecular complexity index is 523. The summed E-state index contributed by atoms with van der Waals surface area (Å²) in [4.78, 5) is 27.4. The molecule has 0 aliphatic carbocycles. The molecule has 2 N–H and O–H groups in total. The Morgan fingerprint density at radius 1 is 0.971 bits per heavy atom. The molecule has 0 aromatic rings. The molecule has 0 saturated carbocycles. The van der Waals surface area contributed by atoms with Crippen LogP contribution >= 0.6 is 11.8 Å². The summed E-state index contributed by atoms with van der Waals surface area (Å²) in [5.41, 5.74) is 0. The molecule has 2 unspecified atom stereocenters. The number of thioether (sulfide) groups is 1. The van der Waals surface area contributed by atoms with Gasteiger partial charge in [-0.1, -0.05) is 45.7 Å². The monoisotopic (exact) mass is 505 g/mol. The zero-order valence-electron chi connectivity index (χ0n) is 21.8. The molecule has 0 spiro atoms. The standard InChI is InChI=1S/C24H47N3O6S/c1-6-20(3)15-30-17-23(18-31-16-21(4)7-2)32-12-8-13-34-14-9-24(29)26-19-33-27-11-10-25-22(5)28/h11,20-21,23H,6-10,12-19H2,1-5H3,(H,25,28)(H,26,29)/b27-11+. The lowest BCUT2D eigenvalue weighted by molar-refractivity contribution is -0.122. The topological polar surface area (TPSA) is 107 Å². The molecule has 9 nitrogen and oxygen atoms in total. The first-order valence-corrected chi connectivity index (χ1v) is 13.5. The molecule has 0 aromatic carbocycles. The SMILES string of the molecule is CCC(C)COCC(COCC(C)CC)OCCCSCCC(=O)NCO/N=C/CNC(C)=O. The van der Waals surface area contributed by atoms with Gasteiger partial charge in [-0.3, -0.25) is 9.59 Å². The van der Waals surface area contributed by atoms with E-state index in [9.17, 15) is 9.59 Å². The summed E-state index contributed by atoms with van der Waals surface area (Å²) < 4.78 is 17.7. The summed E-state index contributed by atoms with van der Waals surface area (Å²) in [5, 5.41) is 8.82. The van der Waals surface area contributed by atoms with Crippen molar-refractivity contribution >= 4 is 29.8 Å². The van der Waals surface area contributed by atoms with Crippen molar-refractivity contribution in [3.8, 4) is 0 Å². The molecular weight excluding hydrogens is 458 g/mol. The number of nitrogens with one attached hydrogen (secondary N) is 2. The van der Waals surface area contributed by atoms with Crippen LogP contribution in [0.15, 0.2) is 5.16 Å².